The van der Waals surface area contributed by atoms with Gasteiger partial charge in [-0.15, -0.1) is 0 Å². The van der Waals surface area contributed by atoms with Gasteiger partial charge in [-0.05, 0) is 38.0 Å². The number of aliphatic hydroxyl groups is 1. The zero-order chi connectivity index (χ0) is 17.1. The van der Waals surface area contributed by atoms with Gasteiger partial charge < -0.3 is 10.0 Å². The lowest BCUT2D eigenvalue weighted by atomic mass is 10.0. The fourth-order valence-electron chi connectivity index (χ4n) is 3.35. The Morgan fingerprint density at radius 2 is 1.67 bits per heavy atom. The molecular formula is C20H27N3O. The van der Waals surface area contributed by atoms with Crippen LogP contribution in [0.25, 0.3) is 0 Å². The number of nitrogens with zero attached hydrogens (tertiary/aromatic N) is 3. The van der Waals surface area contributed by atoms with Crippen LogP contribution in [0.15, 0.2) is 42.6 Å². The maximum absolute atomic E-state index is 10.6. The third-order valence-electron chi connectivity index (χ3n) is 4.85. The molecule has 4 heteroatoms. The third-order valence-corrected chi connectivity index (χ3v) is 4.85. The Labute approximate surface area is 144 Å². The summed E-state index contributed by atoms with van der Waals surface area (Å²) in [5, 5.41) is 10.6. The first-order valence-corrected chi connectivity index (χ1v) is 8.75. The second-order valence-corrected chi connectivity index (χ2v) is 6.84. The van der Waals surface area contributed by atoms with E-state index in [1.165, 1.54) is 0 Å². The van der Waals surface area contributed by atoms with Crippen LogP contribution in [0.2, 0.25) is 0 Å². The molecule has 1 aliphatic heterocycles. The van der Waals surface area contributed by atoms with E-state index in [1.54, 1.807) is 0 Å². The Bertz CT molecular complexity index is 664. The maximum Gasteiger partial charge on any atom is 0.131 e. The van der Waals surface area contributed by atoms with Crippen molar-refractivity contribution in [3.63, 3.8) is 0 Å². The van der Waals surface area contributed by atoms with Crippen molar-refractivity contribution < 1.29 is 5.11 Å². The van der Waals surface area contributed by atoms with Gasteiger partial charge in [0.25, 0.3) is 0 Å². The predicted octanol–water partition coefficient (Wildman–Crippen LogP) is 3.00. The highest BCUT2D eigenvalue weighted by Crippen LogP contribution is 2.26. The molecule has 0 unspecified atom stereocenters. The van der Waals surface area contributed by atoms with Gasteiger partial charge in [0.15, 0.2) is 0 Å². The summed E-state index contributed by atoms with van der Waals surface area (Å²) < 4.78 is 0. The smallest absolute Gasteiger partial charge is 0.131 e. The Morgan fingerprint density at radius 1 is 1.00 bits per heavy atom. The van der Waals surface area contributed by atoms with Crippen molar-refractivity contribution in [3.05, 3.63) is 59.3 Å². The van der Waals surface area contributed by atoms with Crippen molar-refractivity contribution in [1.29, 1.82) is 0 Å². The molecule has 1 aliphatic rings. The SMILES string of the molecule is Cc1cc([C@H](O)c2ccccc2)cnc1N1CCN(C(C)C)CC1. The number of piperazine rings is 1. The summed E-state index contributed by atoms with van der Waals surface area (Å²) in [5.74, 6) is 1.04. The lowest BCUT2D eigenvalue weighted by Gasteiger charge is -2.38. The molecule has 0 spiro atoms. The lowest BCUT2D eigenvalue weighted by Crippen LogP contribution is -2.49. The number of aliphatic hydroxyl groups excluding tert-OH is 1. The van der Waals surface area contributed by atoms with Crippen LogP contribution >= 0.6 is 0 Å². The van der Waals surface area contributed by atoms with Crippen LogP contribution in [0.5, 0.6) is 0 Å². The Hall–Kier alpha value is -1.91. The van der Waals surface area contributed by atoms with Crippen molar-refractivity contribution in [3.8, 4) is 0 Å². The van der Waals surface area contributed by atoms with Crippen LogP contribution in [0.3, 0.4) is 0 Å². The van der Waals surface area contributed by atoms with E-state index in [9.17, 15) is 5.11 Å². The number of hydrogen-bond acceptors (Lipinski definition) is 4. The number of aromatic nitrogens is 1. The molecule has 0 aliphatic carbocycles. The van der Waals surface area contributed by atoms with Gasteiger partial charge in [0.05, 0.1) is 0 Å². The highest BCUT2D eigenvalue weighted by molar-refractivity contribution is 5.49. The van der Waals surface area contributed by atoms with Crippen molar-refractivity contribution in [1.82, 2.24) is 9.88 Å². The standard InChI is InChI=1S/C20H27N3O/c1-15(2)22-9-11-23(12-10-22)20-16(3)13-18(14-21-20)19(24)17-7-5-4-6-8-17/h4-8,13-15,19,24H,9-12H2,1-3H3/t19-/m1/s1. The van der Waals surface area contributed by atoms with Gasteiger partial charge >= 0.3 is 0 Å². The Balaban J connectivity index is 1.74. The first-order valence-electron chi connectivity index (χ1n) is 8.75. The van der Waals surface area contributed by atoms with Gasteiger partial charge in [0.1, 0.15) is 11.9 Å². The monoisotopic (exact) mass is 325 g/mol. The minimum Gasteiger partial charge on any atom is -0.384 e. The van der Waals surface area contributed by atoms with Crippen molar-refractivity contribution >= 4 is 5.82 Å². The lowest BCUT2D eigenvalue weighted by molar-refractivity contribution is 0.208. The van der Waals surface area contributed by atoms with E-state index in [0.29, 0.717) is 6.04 Å². The molecule has 0 bridgehead atoms. The van der Waals surface area contributed by atoms with E-state index in [4.69, 9.17) is 0 Å². The van der Waals surface area contributed by atoms with E-state index in [2.05, 4.69) is 41.6 Å². The van der Waals surface area contributed by atoms with Gasteiger partial charge in [0.2, 0.25) is 0 Å². The highest BCUT2D eigenvalue weighted by Gasteiger charge is 2.21. The fourth-order valence-corrected chi connectivity index (χ4v) is 3.35. The molecule has 1 saturated heterocycles. The van der Waals surface area contributed by atoms with Gasteiger partial charge in [-0.25, -0.2) is 4.98 Å². The van der Waals surface area contributed by atoms with Crippen LogP contribution in [0.1, 0.15) is 36.6 Å². The van der Waals surface area contributed by atoms with E-state index in [0.717, 1.165) is 48.7 Å². The summed E-state index contributed by atoms with van der Waals surface area (Å²) in [7, 11) is 0. The summed E-state index contributed by atoms with van der Waals surface area (Å²) in [6, 6.07) is 12.4. The third kappa shape index (κ3) is 3.60. The molecule has 128 valence electrons. The van der Waals surface area contributed by atoms with E-state index < -0.39 is 6.10 Å². The average Bonchev–Trinajstić information content (AvgIpc) is 2.62. The highest BCUT2D eigenvalue weighted by atomic mass is 16.3. The van der Waals surface area contributed by atoms with Crippen LogP contribution in [0.4, 0.5) is 5.82 Å². The summed E-state index contributed by atoms with van der Waals surface area (Å²) in [6.07, 6.45) is 1.19. The molecule has 1 atom stereocenters. The average molecular weight is 325 g/mol. The van der Waals surface area contributed by atoms with Crippen molar-refractivity contribution in [2.75, 3.05) is 31.1 Å². The Morgan fingerprint density at radius 3 is 2.25 bits per heavy atom. The Kier molecular flexibility index (Phi) is 5.17. The molecular weight excluding hydrogens is 298 g/mol. The zero-order valence-corrected chi connectivity index (χ0v) is 14.8. The number of rotatable bonds is 4. The van der Waals surface area contributed by atoms with Crippen molar-refractivity contribution in [2.45, 2.75) is 32.9 Å². The van der Waals surface area contributed by atoms with E-state index in [-0.39, 0.29) is 0 Å². The molecule has 0 radical (unpaired) electrons. The molecule has 1 aromatic heterocycles. The fraction of sp³-hybridized carbons (Fsp3) is 0.450. The summed E-state index contributed by atoms with van der Waals surface area (Å²) in [5.41, 5.74) is 2.88. The first-order chi connectivity index (χ1) is 11.6. The molecule has 1 N–H and O–H groups in total. The summed E-state index contributed by atoms with van der Waals surface area (Å²) >= 11 is 0. The van der Waals surface area contributed by atoms with E-state index >= 15 is 0 Å². The minimum absolute atomic E-state index is 0.601. The van der Waals surface area contributed by atoms with Crippen LogP contribution in [0, 0.1) is 6.92 Å². The topological polar surface area (TPSA) is 39.6 Å². The minimum atomic E-state index is -0.621. The largest absolute Gasteiger partial charge is 0.384 e. The number of pyridine rings is 1. The van der Waals surface area contributed by atoms with Gasteiger partial charge in [-0.3, -0.25) is 4.90 Å². The number of hydrogen-bond donors (Lipinski definition) is 1. The quantitative estimate of drug-likeness (QED) is 0.938. The molecule has 0 amide bonds. The first kappa shape index (κ1) is 16.9. The number of aryl methyl sites for hydroxylation is 1. The molecule has 2 aromatic rings. The molecule has 1 fully saturated rings. The number of anilines is 1. The number of benzene rings is 1. The van der Waals surface area contributed by atoms with Crippen LogP contribution in [-0.2, 0) is 0 Å². The van der Waals surface area contributed by atoms with Gasteiger partial charge in [-0.2, -0.15) is 0 Å². The normalized spacial score (nSPS) is 17.3. The molecule has 2 heterocycles. The second-order valence-electron chi connectivity index (χ2n) is 6.84. The van der Waals surface area contributed by atoms with Crippen LogP contribution < -0.4 is 4.90 Å². The molecule has 0 saturated carbocycles. The summed E-state index contributed by atoms with van der Waals surface area (Å²) in [4.78, 5) is 9.52. The maximum atomic E-state index is 10.6. The predicted molar refractivity (Wildman–Crippen MR) is 98.4 cm³/mol. The van der Waals surface area contributed by atoms with E-state index in [1.807, 2.05) is 36.5 Å². The summed E-state index contributed by atoms with van der Waals surface area (Å²) in [6.45, 7) is 10.7. The molecule has 1 aromatic carbocycles. The van der Waals surface area contributed by atoms with Gasteiger partial charge in [0, 0.05) is 44.0 Å². The molecule has 4 nitrogen and oxygen atoms in total. The van der Waals surface area contributed by atoms with Crippen molar-refractivity contribution in [2.24, 2.45) is 0 Å². The molecule has 3 rings (SSSR count). The zero-order valence-electron chi connectivity index (χ0n) is 14.8. The van der Waals surface area contributed by atoms with Crippen LogP contribution in [-0.4, -0.2) is 47.2 Å². The van der Waals surface area contributed by atoms with Gasteiger partial charge in [-0.1, -0.05) is 30.3 Å². The molecule has 24 heavy (non-hydrogen) atoms. The second kappa shape index (κ2) is 7.32.